The van der Waals surface area contributed by atoms with Crippen molar-refractivity contribution in [2.45, 2.75) is 24.6 Å². The number of carbonyl (C=O) groups excluding carboxylic acids is 1. The van der Waals surface area contributed by atoms with Crippen LogP contribution in [0.2, 0.25) is 0 Å². The quantitative estimate of drug-likeness (QED) is 0.588. The van der Waals surface area contributed by atoms with E-state index < -0.39 is 0 Å². The minimum Gasteiger partial charge on any atom is -0.468 e. The Morgan fingerprint density at radius 2 is 2.21 bits per heavy atom. The third-order valence-corrected chi connectivity index (χ3v) is 2.75. The Hall–Kier alpha value is -0.650. The summed E-state index contributed by atoms with van der Waals surface area (Å²) in [6.45, 7) is 1.76. The van der Waals surface area contributed by atoms with Gasteiger partial charge in [-0.25, -0.2) is 0 Å². The molecule has 0 saturated carbocycles. The molecular formula is C9H15NO4. The first-order valence-electron chi connectivity index (χ1n) is 4.83. The number of carbonyl (C=O) groups is 1. The zero-order chi connectivity index (χ0) is 10.0. The highest BCUT2D eigenvalue weighted by Crippen LogP contribution is 2.27. The summed E-state index contributed by atoms with van der Waals surface area (Å²) in [6, 6.07) is -0.321. The first-order valence-corrected chi connectivity index (χ1v) is 4.83. The molecule has 5 nitrogen and oxygen atoms in total. The summed E-state index contributed by atoms with van der Waals surface area (Å²) in [7, 11) is 1.39. The molecule has 2 heterocycles. The van der Waals surface area contributed by atoms with Crippen molar-refractivity contribution in [1.29, 1.82) is 0 Å². The molecule has 14 heavy (non-hydrogen) atoms. The van der Waals surface area contributed by atoms with E-state index in [9.17, 15) is 4.79 Å². The molecule has 2 rings (SSSR count). The van der Waals surface area contributed by atoms with Crippen LogP contribution in [0, 0.1) is 0 Å². The predicted octanol–water partition coefficient (Wildman–Crippen LogP) is -0.346. The maximum Gasteiger partial charge on any atom is 0.325 e. The van der Waals surface area contributed by atoms with Crippen molar-refractivity contribution >= 4 is 5.97 Å². The number of esters is 1. The number of ether oxygens (including phenoxy) is 3. The van der Waals surface area contributed by atoms with E-state index in [2.05, 4.69) is 10.1 Å². The average molecular weight is 201 g/mol. The molecule has 0 aromatic rings. The summed E-state index contributed by atoms with van der Waals surface area (Å²) in [5, 5.41) is 3.18. The van der Waals surface area contributed by atoms with Gasteiger partial charge in [0.05, 0.1) is 26.9 Å². The molecule has 2 aliphatic heterocycles. The monoisotopic (exact) mass is 201 g/mol. The molecular weight excluding hydrogens is 186 g/mol. The van der Waals surface area contributed by atoms with Gasteiger partial charge < -0.3 is 14.2 Å². The second kappa shape index (κ2) is 3.84. The summed E-state index contributed by atoms with van der Waals surface area (Å²) in [4.78, 5) is 11.2. The zero-order valence-corrected chi connectivity index (χ0v) is 8.25. The average Bonchev–Trinajstić information content (AvgIpc) is 2.62. The molecule has 2 fully saturated rings. The van der Waals surface area contributed by atoms with E-state index in [1.807, 2.05) is 0 Å². The lowest BCUT2D eigenvalue weighted by atomic mass is 10.0. The number of hydrogen-bond donors (Lipinski definition) is 1. The molecule has 80 valence electrons. The maximum absolute atomic E-state index is 11.2. The van der Waals surface area contributed by atoms with Gasteiger partial charge in [-0.05, 0) is 0 Å². The molecule has 1 N–H and O–H groups in total. The minimum atomic E-state index is -0.350. The van der Waals surface area contributed by atoms with Crippen LogP contribution < -0.4 is 5.32 Å². The van der Waals surface area contributed by atoms with E-state index in [0.717, 1.165) is 12.8 Å². The van der Waals surface area contributed by atoms with Crippen LogP contribution in [-0.4, -0.2) is 44.7 Å². The fourth-order valence-electron chi connectivity index (χ4n) is 1.90. The van der Waals surface area contributed by atoms with Crippen LogP contribution in [0.5, 0.6) is 0 Å². The van der Waals surface area contributed by atoms with Crippen LogP contribution in [-0.2, 0) is 19.0 Å². The lowest BCUT2D eigenvalue weighted by molar-refractivity contribution is -0.142. The third kappa shape index (κ3) is 1.75. The second-order valence-electron chi connectivity index (χ2n) is 3.64. The Kier molecular flexibility index (Phi) is 2.71. The molecule has 0 aromatic carbocycles. The molecule has 0 aliphatic carbocycles. The number of methoxy groups -OCH3 is 1. The molecule has 0 amide bonds. The first-order chi connectivity index (χ1) is 6.76. The van der Waals surface area contributed by atoms with Gasteiger partial charge in [-0.1, -0.05) is 0 Å². The SMILES string of the molecule is COC(=O)[C@@H]1COC2(CCOCC2)N1. The topological polar surface area (TPSA) is 56.8 Å². The molecule has 1 atom stereocenters. The van der Waals surface area contributed by atoms with Crippen molar-refractivity contribution in [2.24, 2.45) is 0 Å². The first kappa shape index (κ1) is 9.89. The molecule has 0 aromatic heterocycles. The van der Waals surface area contributed by atoms with Crippen LogP contribution in [0.1, 0.15) is 12.8 Å². The number of rotatable bonds is 1. The van der Waals surface area contributed by atoms with Gasteiger partial charge in [-0.3, -0.25) is 10.1 Å². The predicted molar refractivity (Wildman–Crippen MR) is 47.7 cm³/mol. The van der Waals surface area contributed by atoms with Gasteiger partial charge in [0.2, 0.25) is 0 Å². The van der Waals surface area contributed by atoms with Crippen LogP contribution in [0.4, 0.5) is 0 Å². The van der Waals surface area contributed by atoms with Crippen LogP contribution in [0.15, 0.2) is 0 Å². The van der Waals surface area contributed by atoms with E-state index >= 15 is 0 Å². The summed E-state index contributed by atoms with van der Waals surface area (Å²) in [5.41, 5.74) is -0.350. The normalized spacial score (nSPS) is 30.5. The van der Waals surface area contributed by atoms with Crippen LogP contribution in [0.25, 0.3) is 0 Å². The van der Waals surface area contributed by atoms with Crippen molar-refractivity contribution in [1.82, 2.24) is 5.32 Å². The van der Waals surface area contributed by atoms with Crippen molar-refractivity contribution in [3.63, 3.8) is 0 Å². The van der Waals surface area contributed by atoms with Gasteiger partial charge in [0.1, 0.15) is 11.8 Å². The number of hydrogen-bond acceptors (Lipinski definition) is 5. The fourth-order valence-corrected chi connectivity index (χ4v) is 1.90. The summed E-state index contributed by atoms with van der Waals surface area (Å²) < 4.78 is 15.5. The van der Waals surface area contributed by atoms with E-state index in [1.165, 1.54) is 7.11 Å². The highest BCUT2D eigenvalue weighted by atomic mass is 16.6. The highest BCUT2D eigenvalue weighted by Gasteiger charge is 2.43. The van der Waals surface area contributed by atoms with Gasteiger partial charge in [0.25, 0.3) is 0 Å². The summed E-state index contributed by atoms with van der Waals surface area (Å²) in [5.74, 6) is -0.256. The number of nitrogens with one attached hydrogen (secondary N) is 1. The van der Waals surface area contributed by atoms with Crippen LogP contribution >= 0.6 is 0 Å². The van der Waals surface area contributed by atoms with Gasteiger partial charge in [-0.2, -0.15) is 0 Å². The molecule has 2 aliphatic rings. The highest BCUT2D eigenvalue weighted by molar-refractivity contribution is 5.76. The third-order valence-electron chi connectivity index (χ3n) is 2.75. The van der Waals surface area contributed by atoms with Crippen molar-refractivity contribution < 1.29 is 19.0 Å². The van der Waals surface area contributed by atoms with Crippen molar-refractivity contribution in [3.05, 3.63) is 0 Å². The molecule has 5 heteroatoms. The van der Waals surface area contributed by atoms with Crippen molar-refractivity contribution in [2.75, 3.05) is 26.9 Å². The maximum atomic E-state index is 11.2. The lowest BCUT2D eigenvalue weighted by Crippen LogP contribution is -2.50. The Bertz CT molecular complexity index is 225. The fraction of sp³-hybridized carbons (Fsp3) is 0.889. The standard InChI is InChI=1S/C9H15NO4/c1-12-8(11)7-6-14-9(10-7)2-4-13-5-3-9/h7,10H,2-6H2,1H3/t7-/m0/s1. The van der Waals surface area contributed by atoms with Gasteiger partial charge in [0.15, 0.2) is 0 Å². The zero-order valence-electron chi connectivity index (χ0n) is 8.25. The molecule has 1 spiro atoms. The van der Waals surface area contributed by atoms with Crippen LogP contribution in [0.3, 0.4) is 0 Å². The van der Waals surface area contributed by atoms with Gasteiger partial charge in [0, 0.05) is 12.8 Å². The summed E-state index contributed by atoms with van der Waals surface area (Å²) >= 11 is 0. The van der Waals surface area contributed by atoms with E-state index in [1.54, 1.807) is 0 Å². The van der Waals surface area contributed by atoms with Gasteiger partial charge in [-0.15, -0.1) is 0 Å². The summed E-state index contributed by atoms with van der Waals surface area (Å²) in [6.07, 6.45) is 1.58. The Labute approximate surface area is 82.7 Å². The van der Waals surface area contributed by atoms with E-state index in [-0.39, 0.29) is 17.7 Å². The Morgan fingerprint density at radius 3 is 2.86 bits per heavy atom. The molecule has 2 saturated heterocycles. The second-order valence-corrected chi connectivity index (χ2v) is 3.64. The van der Waals surface area contributed by atoms with Crippen molar-refractivity contribution in [3.8, 4) is 0 Å². The largest absolute Gasteiger partial charge is 0.468 e. The Morgan fingerprint density at radius 1 is 1.50 bits per heavy atom. The van der Waals surface area contributed by atoms with E-state index in [4.69, 9.17) is 9.47 Å². The van der Waals surface area contributed by atoms with E-state index in [0.29, 0.717) is 19.8 Å². The Balaban J connectivity index is 1.95. The van der Waals surface area contributed by atoms with Gasteiger partial charge >= 0.3 is 5.97 Å². The molecule has 0 bridgehead atoms. The molecule has 0 radical (unpaired) electrons. The lowest BCUT2D eigenvalue weighted by Gasteiger charge is -2.32. The smallest absolute Gasteiger partial charge is 0.325 e. The minimum absolute atomic E-state index is 0.256. The molecule has 0 unspecified atom stereocenters.